The van der Waals surface area contributed by atoms with Crippen LogP contribution in [0.1, 0.15) is 10.4 Å². The molecule has 7 heteroatoms. The van der Waals surface area contributed by atoms with Gasteiger partial charge in [-0.25, -0.2) is 4.39 Å². The van der Waals surface area contributed by atoms with Gasteiger partial charge in [0.25, 0.3) is 0 Å². The van der Waals surface area contributed by atoms with Gasteiger partial charge in [0.1, 0.15) is 5.75 Å². The lowest BCUT2D eigenvalue weighted by Crippen LogP contribution is -2.18. The third-order valence-corrected chi connectivity index (χ3v) is 2.59. The summed E-state index contributed by atoms with van der Waals surface area (Å²) in [6.07, 6.45) is -5.00. The first-order valence-electron chi connectivity index (χ1n) is 6.11. The molecule has 0 atom stereocenters. The summed E-state index contributed by atoms with van der Waals surface area (Å²) < 4.78 is 58.2. The number of benzene rings is 2. The molecule has 0 saturated heterocycles. The van der Waals surface area contributed by atoms with Gasteiger partial charge < -0.3 is 9.47 Å². The molecule has 2 aromatic rings. The lowest BCUT2D eigenvalue weighted by atomic mass is 10.1. The van der Waals surface area contributed by atoms with E-state index in [2.05, 4.69) is 4.74 Å². The lowest BCUT2D eigenvalue weighted by molar-refractivity contribution is -0.275. The Morgan fingerprint density at radius 3 is 2.32 bits per heavy atom. The van der Waals surface area contributed by atoms with Crippen molar-refractivity contribution in [3.05, 3.63) is 59.9 Å². The number of rotatable bonds is 5. The second-order valence-electron chi connectivity index (χ2n) is 4.22. The van der Waals surface area contributed by atoms with Crippen molar-refractivity contribution >= 4 is 5.78 Å². The van der Waals surface area contributed by atoms with Crippen molar-refractivity contribution < 1.29 is 31.8 Å². The maximum atomic E-state index is 13.5. The van der Waals surface area contributed by atoms with Crippen molar-refractivity contribution in [2.24, 2.45) is 0 Å². The maximum absolute atomic E-state index is 13.5. The summed E-state index contributed by atoms with van der Waals surface area (Å²) in [7, 11) is 0. The van der Waals surface area contributed by atoms with E-state index in [1.54, 1.807) is 30.3 Å². The number of carbonyl (C=O) groups excluding carboxylic acids is 1. The summed E-state index contributed by atoms with van der Waals surface area (Å²) in [5, 5.41) is 0. The smallest absolute Gasteiger partial charge is 0.485 e. The third kappa shape index (κ3) is 4.47. The predicted molar refractivity (Wildman–Crippen MR) is 69.4 cm³/mol. The van der Waals surface area contributed by atoms with Gasteiger partial charge in [-0.3, -0.25) is 4.79 Å². The van der Waals surface area contributed by atoms with E-state index in [4.69, 9.17) is 4.74 Å². The number of ketones is 1. The number of alkyl halides is 3. The first-order chi connectivity index (χ1) is 10.3. The highest BCUT2D eigenvalue weighted by Gasteiger charge is 2.32. The van der Waals surface area contributed by atoms with Crippen LogP contribution in [0, 0.1) is 5.82 Å². The first kappa shape index (κ1) is 15.8. The molecule has 0 spiro atoms. The summed E-state index contributed by atoms with van der Waals surface area (Å²) in [4.78, 5) is 11.8. The van der Waals surface area contributed by atoms with Crippen molar-refractivity contribution in [1.29, 1.82) is 0 Å². The van der Waals surface area contributed by atoms with Crippen LogP contribution in [0.25, 0.3) is 0 Å². The second-order valence-corrected chi connectivity index (χ2v) is 4.22. The summed E-state index contributed by atoms with van der Waals surface area (Å²) in [6, 6.07) is 10.9. The minimum Gasteiger partial charge on any atom is -0.485 e. The average Bonchev–Trinajstić information content (AvgIpc) is 2.46. The standard InChI is InChI=1S/C15H10F4O3/c16-12-8-10(6-7-14(12)22-15(17,18)19)13(20)9-21-11-4-2-1-3-5-11/h1-8H,9H2. The molecule has 2 rings (SSSR count). The Morgan fingerprint density at radius 2 is 1.73 bits per heavy atom. The Morgan fingerprint density at radius 1 is 1.05 bits per heavy atom. The number of hydrogen-bond donors (Lipinski definition) is 0. The fourth-order valence-corrected chi connectivity index (χ4v) is 1.63. The molecule has 0 radical (unpaired) electrons. The van der Waals surface area contributed by atoms with E-state index in [-0.39, 0.29) is 12.2 Å². The third-order valence-electron chi connectivity index (χ3n) is 2.59. The van der Waals surface area contributed by atoms with Gasteiger partial charge in [-0.15, -0.1) is 13.2 Å². The minimum atomic E-state index is -5.00. The molecule has 22 heavy (non-hydrogen) atoms. The van der Waals surface area contributed by atoms with Crippen LogP contribution in [0.4, 0.5) is 17.6 Å². The van der Waals surface area contributed by atoms with Gasteiger partial charge in [0.05, 0.1) is 0 Å². The Labute approximate surface area is 123 Å². The molecule has 0 heterocycles. The molecule has 0 aromatic heterocycles. The van der Waals surface area contributed by atoms with Crippen LogP contribution in [0.5, 0.6) is 11.5 Å². The minimum absolute atomic E-state index is 0.108. The molecule has 0 amide bonds. The SMILES string of the molecule is O=C(COc1ccccc1)c1ccc(OC(F)(F)F)c(F)c1. The molecule has 116 valence electrons. The van der Waals surface area contributed by atoms with Crippen LogP contribution in [0.3, 0.4) is 0 Å². The zero-order valence-corrected chi connectivity index (χ0v) is 11.1. The lowest BCUT2D eigenvalue weighted by Gasteiger charge is -2.10. The van der Waals surface area contributed by atoms with Crippen molar-refractivity contribution in [3.8, 4) is 11.5 Å². The summed E-state index contributed by atoms with van der Waals surface area (Å²) in [6.45, 7) is -0.358. The first-order valence-corrected chi connectivity index (χ1v) is 6.11. The normalized spacial score (nSPS) is 11.1. The van der Waals surface area contributed by atoms with Crippen molar-refractivity contribution in [1.82, 2.24) is 0 Å². The maximum Gasteiger partial charge on any atom is 0.573 e. The molecule has 3 nitrogen and oxygen atoms in total. The van der Waals surface area contributed by atoms with E-state index in [0.29, 0.717) is 11.8 Å². The molecule has 0 aliphatic carbocycles. The zero-order chi connectivity index (χ0) is 16.2. The molecule has 2 aromatic carbocycles. The monoisotopic (exact) mass is 314 g/mol. The molecule has 0 bridgehead atoms. The van der Waals surface area contributed by atoms with E-state index in [0.717, 1.165) is 12.1 Å². The summed E-state index contributed by atoms with van der Waals surface area (Å²) in [5.41, 5.74) is -0.108. The average molecular weight is 314 g/mol. The summed E-state index contributed by atoms with van der Waals surface area (Å²) in [5.74, 6) is -2.38. The molecule has 0 N–H and O–H groups in total. The number of hydrogen-bond acceptors (Lipinski definition) is 3. The van der Waals surface area contributed by atoms with Crippen LogP contribution >= 0.6 is 0 Å². The molecule has 0 unspecified atom stereocenters. The predicted octanol–water partition coefficient (Wildman–Crippen LogP) is 3.99. The van der Waals surface area contributed by atoms with Crippen LogP contribution in [-0.2, 0) is 0 Å². The Hall–Kier alpha value is -2.57. The van der Waals surface area contributed by atoms with Crippen LogP contribution in [0.15, 0.2) is 48.5 Å². The van der Waals surface area contributed by atoms with Gasteiger partial charge in [0.15, 0.2) is 24.0 Å². The number of para-hydroxylation sites is 1. The van der Waals surface area contributed by atoms with Crippen molar-refractivity contribution in [2.45, 2.75) is 6.36 Å². The molecule has 0 fully saturated rings. The van der Waals surface area contributed by atoms with Gasteiger partial charge in [-0.1, -0.05) is 18.2 Å². The van der Waals surface area contributed by atoms with Gasteiger partial charge >= 0.3 is 6.36 Å². The highest BCUT2D eigenvalue weighted by molar-refractivity contribution is 5.97. The van der Waals surface area contributed by atoms with Crippen LogP contribution in [-0.4, -0.2) is 18.8 Å². The Bertz CT molecular complexity index is 654. The molecule has 0 saturated carbocycles. The van der Waals surface area contributed by atoms with E-state index < -0.39 is 23.7 Å². The second kappa shape index (κ2) is 6.46. The number of ether oxygens (including phenoxy) is 2. The number of halogens is 4. The summed E-state index contributed by atoms with van der Waals surface area (Å²) >= 11 is 0. The van der Waals surface area contributed by atoms with Crippen LogP contribution < -0.4 is 9.47 Å². The fraction of sp³-hybridized carbons (Fsp3) is 0.133. The quantitative estimate of drug-likeness (QED) is 0.618. The highest BCUT2D eigenvalue weighted by Crippen LogP contribution is 2.26. The fourth-order valence-electron chi connectivity index (χ4n) is 1.63. The topological polar surface area (TPSA) is 35.5 Å². The van der Waals surface area contributed by atoms with E-state index in [1.807, 2.05) is 0 Å². The van der Waals surface area contributed by atoms with E-state index in [9.17, 15) is 22.4 Å². The number of Topliss-reactive ketones (excluding diaryl/α,β-unsaturated/α-hetero) is 1. The number of carbonyl (C=O) groups is 1. The van der Waals surface area contributed by atoms with Crippen molar-refractivity contribution in [2.75, 3.05) is 6.61 Å². The molecule has 0 aliphatic rings. The molecular formula is C15H10F4O3. The molecular weight excluding hydrogens is 304 g/mol. The molecule has 0 aliphatic heterocycles. The Balaban J connectivity index is 2.03. The van der Waals surface area contributed by atoms with Gasteiger partial charge in [-0.05, 0) is 30.3 Å². The van der Waals surface area contributed by atoms with Crippen molar-refractivity contribution in [3.63, 3.8) is 0 Å². The van der Waals surface area contributed by atoms with Gasteiger partial charge in [-0.2, -0.15) is 0 Å². The van der Waals surface area contributed by atoms with Gasteiger partial charge in [0.2, 0.25) is 0 Å². The van der Waals surface area contributed by atoms with E-state index >= 15 is 0 Å². The Kier molecular flexibility index (Phi) is 4.65. The highest BCUT2D eigenvalue weighted by atomic mass is 19.4. The van der Waals surface area contributed by atoms with Crippen LogP contribution in [0.2, 0.25) is 0 Å². The van der Waals surface area contributed by atoms with E-state index in [1.165, 1.54) is 0 Å². The van der Waals surface area contributed by atoms with Gasteiger partial charge in [0, 0.05) is 5.56 Å². The zero-order valence-electron chi connectivity index (χ0n) is 11.1. The largest absolute Gasteiger partial charge is 0.573 e.